The number of amides is 3. The van der Waals surface area contributed by atoms with Crippen molar-refractivity contribution in [2.24, 2.45) is 0 Å². The van der Waals surface area contributed by atoms with E-state index >= 15 is 0 Å². The van der Waals surface area contributed by atoms with Gasteiger partial charge in [0.05, 0.1) is 22.5 Å². The first-order valence-electron chi connectivity index (χ1n) is 9.56. The van der Waals surface area contributed by atoms with Crippen LogP contribution in [0.5, 0.6) is 5.75 Å². The average Bonchev–Trinajstić information content (AvgIpc) is 3.46. The maximum atomic E-state index is 12.7. The number of carbonyl (C=O) groups is 2. The van der Waals surface area contributed by atoms with Gasteiger partial charge in [-0.3, -0.25) is 9.78 Å². The normalized spacial score (nSPS) is 19.4. The zero-order valence-corrected chi connectivity index (χ0v) is 16.8. The fourth-order valence-electron chi connectivity index (χ4n) is 3.32. The molecule has 2 aromatic rings. The molecule has 1 saturated carbocycles. The van der Waals surface area contributed by atoms with E-state index in [1.165, 1.54) is 24.3 Å². The van der Waals surface area contributed by atoms with Gasteiger partial charge in [0.25, 0.3) is 0 Å². The second-order valence-electron chi connectivity index (χ2n) is 7.34. The lowest BCUT2D eigenvalue weighted by molar-refractivity contribution is -0.274. The Morgan fingerprint density at radius 3 is 2.48 bits per heavy atom. The van der Waals surface area contributed by atoms with Crippen molar-refractivity contribution in [1.29, 1.82) is 0 Å². The van der Waals surface area contributed by atoms with Crippen molar-refractivity contribution < 1.29 is 27.5 Å². The fourth-order valence-corrected chi connectivity index (χ4v) is 3.58. The first kappa shape index (κ1) is 21.2. The molecule has 1 aliphatic heterocycles. The summed E-state index contributed by atoms with van der Waals surface area (Å²) in [6, 6.07) is 6.53. The van der Waals surface area contributed by atoms with Crippen molar-refractivity contribution in [2.75, 3.05) is 6.54 Å². The minimum atomic E-state index is -4.81. The number of nitrogens with one attached hydrogen (secondary N) is 3. The van der Waals surface area contributed by atoms with Gasteiger partial charge in [-0.05, 0) is 42.7 Å². The van der Waals surface area contributed by atoms with E-state index in [0.29, 0.717) is 16.3 Å². The molecular formula is C20H18ClF3N4O3. The summed E-state index contributed by atoms with van der Waals surface area (Å²) in [7, 11) is 0. The molecule has 1 unspecified atom stereocenters. The van der Waals surface area contributed by atoms with Crippen LogP contribution in [0.2, 0.25) is 5.02 Å². The standard InChI is InChI=1S/C20H18ClF3N4O3/c21-13-7-8-14(26-16(13)10-1-2-10)17(28-18(29)15-9-25-19(30)27-15)11-3-5-12(6-4-11)31-20(22,23)24/h3-8,10,15,17H,1-2,9H2,(H,28,29)(H2,25,27,30)/t15?,17-/m0/s1. The highest BCUT2D eigenvalue weighted by Gasteiger charge is 2.33. The van der Waals surface area contributed by atoms with Gasteiger partial charge >= 0.3 is 12.4 Å². The fraction of sp³-hybridized carbons (Fsp3) is 0.350. The van der Waals surface area contributed by atoms with E-state index in [9.17, 15) is 22.8 Å². The predicted molar refractivity (Wildman–Crippen MR) is 105 cm³/mol. The van der Waals surface area contributed by atoms with Gasteiger partial charge in [-0.1, -0.05) is 23.7 Å². The maximum absolute atomic E-state index is 12.7. The summed E-state index contributed by atoms with van der Waals surface area (Å²) in [4.78, 5) is 28.7. The van der Waals surface area contributed by atoms with E-state index < -0.39 is 30.4 Å². The topological polar surface area (TPSA) is 92.4 Å². The third-order valence-corrected chi connectivity index (χ3v) is 5.30. The number of urea groups is 1. The molecule has 0 radical (unpaired) electrons. The molecule has 7 nitrogen and oxygen atoms in total. The Labute approximate surface area is 180 Å². The summed E-state index contributed by atoms with van der Waals surface area (Å²) in [5.41, 5.74) is 1.71. The van der Waals surface area contributed by atoms with Crippen LogP contribution in [0, 0.1) is 0 Å². The molecule has 2 heterocycles. The van der Waals surface area contributed by atoms with Gasteiger partial charge < -0.3 is 20.7 Å². The quantitative estimate of drug-likeness (QED) is 0.624. The van der Waals surface area contributed by atoms with E-state index in [-0.39, 0.29) is 18.2 Å². The van der Waals surface area contributed by atoms with Crippen LogP contribution >= 0.6 is 11.6 Å². The number of rotatable bonds is 6. The molecule has 1 aromatic carbocycles. The number of aromatic nitrogens is 1. The SMILES string of the molecule is O=C1NCC(C(=O)N[C@@H](c2ccc(OC(F)(F)F)cc2)c2ccc(Cl)c(C3CC3)n2)N1. The number of benzene rings is 1. The van der Waals surface area contributed by atoms with Gasteiger partial charge in [-0.2, -0.15) is 0 Å². The molecule has 0 spiro atoms. The number of hydrogen-bond donors (Lipinski definition) is 3. The largest absolute Gasteiger partial charge is 0.573 e. The zero-order valence-electron chi connectivity index (χ0n) is 16.0. The van der Waals surface area contributed by atoms with Crippen LogP contribution in [0.3, 0.4) is 0 Å². The van der Waals surface area contributed by atoms with Crippen LogP contribution in [-0.4, -0.2) is 35.9 Å². The van der Waals surface area contributed by atoms with E-state index in [2.05, 4.69) is 25.7 Å². The first-order valence-corrected chi connectivity index (χ1v) is 9.94. The van der Waals surface area contributed by atoms with Crippen molar-refractivity contribution in [2.45, 2.75) is 37.2 Å². The lowest BCUT2D eigenvalue weighted by atomic mass is 10.0. The maximum Gasteiger partial charge on any atom is 0.573 e. The molecule has 0 bridgehead atoms. The molecule has 1 aromatic heterocycles. The van der Waals surface area contributed by atoms with Gasteiger partial charge in [-0.15, -0.1) is 13.2 Å². The Bertz CT molecular complexity index is 996. The third-order valence-electron chi connectivity index (χ3n) is 4.98. The van der Waals surface area contributed by atoms with E-state index in [1.54, 1.807) is 12.1 Å². The van der Waals surface area contributed by atoms with Gasteiger partial charge in [0.1, 0.15) is 11.8 Å². The number of alkyl halides is 3. The number of ether oxygens (including phenoxy) is 1. The third kappa shape index (κ3) is 5.19. The minimum absolute atomic E-state index is 0.122. The summed E-state index contributed by atoms with van der Waals surface area (Å²) in [5, 5.41) is 8.35. The van der Waals surface area contributed by atoms with Crippen LogP contribution in [0.15, 0.2) is 36.4 Å². The highest BCUT2D eigenvalue weighted by Crippen LogP contribution is 2.42. The van der Waals surface area contributed by atoms with E-state index in [1.807, 2.05) is 0 Å². The average molecular weight is 455 g/mol. The van der Waals surface area contributed by atoms with Crippen molar-refractivity contribution >= 4 is 23.5 Å². The van der Waals surface area contributed by atoms with E-state index in [0.717, 1.165) is 18.5 Å². The molecule has 31 heavy (non-hydrogen) atoms. The Morgan fingerprint density at radius 1 is 1.19 bits per heavy atom. The summed E-state index contributed by atoms with van der Waals surface area (Å²) in [6.45, 7) is 0.122. The molecule has 3 amide bonds. The van der Waals surface area contributed by atoms with Gasteiger partial charge in [0.15, 0.2) is 0 Å². The monoisotopic (exact) mass is 454 g/mol. The second-order valence-corrected chi connectivity index (χ2v) is 7.75. The molecule has 4 rings (SSSR count). The predicted octanol–water partition coefficient (Wildman–Crippen LogP) is 3.40. The molecule has 2 aliphatic rings. The molecule has 2 fully saturated rings. The van der Waals surface area contributed by atoms with Gasteiger partial charge in [-0.25, -0.2) is 4.79 Å². The number of pyridine rings is 1. The van der Waals surface area contributed by atoms with Crippen LogP contribution < -0.4 is 20.7 Å². The number of halogens is 4. The lowest BCUT2D eigenvalue weighted by Gasteiger charge is -2.22. The second kappa shape index (κ2) is 8.26. The van der Waals surface area contributed by atoms with Gasteiger partial charge in [0.2, 0.25) is 5.91 Å². The Morgan fingerprint density at radius 2 is 1.90 bits per heavy atom. The van der Waals surface area contributed by atoms with Crippen LogP contribution in [-0.2, 0) is 4.79 Å². The minimum Gasteiger partial charge on any atom is -0.406 e. The summed E-state index contributed by atoms with van der Waals surface area (Å²) >= 11 is 6.26. The van der Waals surface area contributed by atoms with Gasteiger partial charge in [0, 0.05) is 12.5 Å². The van der Waals surface area contributed by atoms with Crippen LogP contribution in [0.4, 0.5) is 18.0 Å². The highest BCUT2D eigenvalue weighted by atomic mass is 35.5. The molecule has 1 aliphatic carbocycles. The van der Waals surface area contributed by atoms with Crippen molar-refractivity contribution in [3.05, 3.63) is 58.4 Å². The van der Waals surface area contributed by atoms with Crippen molar-refractivity contribution in [3.63, 3.8) is 0 Å². The van der Waals surface area contributed by atoms with Crippen LogP contribution in [0.1, 0.15) is 41.8 Å². The summed E-state index contributed by atoms with van der Waals surface area (Å²) < 4.78 is 41.3. The lowest BCUT2D eigenvalue weighted by Crippen LogP contribution is -2.44. The summed E-state index contributed by atoms with van der Waals surface area (Å²) in [5.74, 6) is -0.579. The smallest absolute Gasteiger partial charge is 0.406 e. The Hall–Kier alpha value is -3.01. The highest BCUT2D eigenvalue weighted by molar-refractivity contribution is 6.31. The first-order chi connectivity index (χ1) is 14.7. The molecule has 1 saturated heterocycles. The molecule has 164 valence electrons. The number of hydrogen-bond acceptors (Lipinski definition) is 4. The van der Waals surface area contributed by atoms with Crippen molar-refractivity contribution in [1.82, 2.24) is 20.9 Å². The zero-order chi connectivity index (χ0) is 22.2. The Balaban J connectivity index is 1.63. The molecular weight excluding hydrogens is 437 g/mol. The summed E-state index contributed by atoms with van der Waals surface area (Å²) in [6.07, 6.45) is -2.87. The number of carbonyl (C=O) groups excluding carboxylic acids is 2. The van der Waals surface area contributed by atoms with E-state index in [4.69, 9.17) is 11.6 Å². The molecule has 3 N–H and O–H groups in total. The van der Waals surface area contributed by atoms with Crippen molar-refractivity contribution in [3.8, 4) is 5.75 Å². The molecule has 2 atom stereocenters. The van der Waals surface area contributed by atoms with Crippen LogP contribution in [0.25, 0.3) is 0 Å². The number of nitrogens with zero attached hydrogens (tertiary/aromatic N) is 1. The Kier molecular flexibility index (Phi) is 5.65. The molecule has 11 heteroatoms.